The molecule has 0 saturated heterocycles. The Labute approximate surface area is 104 Å². The van der Waals surface area contributed by atoms with Crippen LogP contribution in [0, 0.1) is 18.3 Å². The summed E-state index contributed by atoms with van der Waals surface area (Å²) in [5.74, 6) is 1.69. The molecular weight excluding hydrogens is 226 g/mol. The molecule has 0 N–H and O–H groups in total. The molecule has 4 nitrogen and oxygen atoms in total. The van der Waals surface area contributed by atoms with Gasteiger partial charge in [0.1, 0.15) is 11.6 Å². The number of hydrogen-bond acceptors (Lipinski definition) is 3. The summed E-state index contributed by atoms with van der Waals surface area (Å²) in [6.45, 7) is 1.91. The standard InChI is InChI=1S/C14H11N3O/c1-9-11(5-6-18-9)14-16-12-7-10(8-15)3-4-13(12)17(14)2/h3-7H,1-2H3. The van der Waals surface area contributed by atoms with Gasteiger partial charge in [0.15, 0.2) is 0 Å². The first-order valence-electron chi connectivity index (χ1n) is 5.62. The van der Waals surface area contributed by atoms with Gasteiger partial charge in [-0.05, 0) is 31.2 Å². The highest BCUT2D eigenvalue weighted by atomic mass is 16.3. The Morgan fingerprint density at radius 2 is 2.17 bits per heavy atom. The molecule has 2 aromatic heterocycles. The number of furan rings is 1. The second-order valence-corrected chi connectivity index (χ2v) is 4.20. The Morgan fingerprint density at radius 3 is 2.83 bits per heavy atom. The SMILES string of the molecule is Cc1occc1-c1nc2cc(C#N)ccc2n1C. The molecule has 0 spiro atoms. The van der Waals surface area contributed by atoms with E-state index in [-0.39, 0.29) is 0 Å². The number of imidazole rings is 1. The Bertz CT molecular complexity index is 774. The molecule has 88 valence electrons. The van der Waals surface area contributed by atoms with Gasteiger partial charge in [0, 0.05) is 7.05 Å². The van der Waals surface area contributed by atoms with Crippen LogP contribution in [0.5, 0.6) is 0 Å². The van der Waals surface area contributed by atoms with Crippen molar-refractivity contribution in [1.29, 1.82) is 5.26 Å². The quantitative estimate of drug-likeness (QED) is 0.653. The van der Waals surface area contributed by atoms with Gasteiger partial charge in [-0.25, -0.2) is 4.98 Å². The highest BCUT2D eigenvalue weighted by Crippen LogP contribution is 2.27. The van der Waals surface area contributed by atoms with Gasteiger partial charge in [-0.15, -0.1) is 0 Å². The third kappa shape index (κ3) is 1.41. The number of rotatable bonds is 1. The van der Waals surface area contributed by atoms with E-state index in [0.29, 0.717) is 5.56 Å². The van der Waals surface area contributed by atoms with Crippen molar-refractivity contribution in [3.63, 3.8) is 0 Å². The van der Waals surface area contributed by atoms with Crippen LogP contribution in [-0.4, -0.2) is 9.55 Å². The van der Waals surface area contributed by atoms with Crippen LogP contribution < -0.4 is 0 Å². The molecule has 0 bridgehead atoms. The predicted molar refractivity (Wildman–Crippen MR) is 67.9 cm³/mol. The molecule has 0 unspecified atom stereocenters. The molecule has 3 aromatic rings. The van der Waals surface area contributed by atoms with Gasteiger partial charge < -0.3 is 8.98 Å². The molecule has 18 heavy (non-hydrogen) atoms. The Balaban J connectivity index is 2.30. The van der Waals surface area contributed by atoms with Crippen molar-refractivity contribution >= 4 is 11.0 Å². The molecule has 0 amide bonds. The summed E-state index contributed by atoms with van der Waals surface area (Å²) in [6, 6.07) is 9.55. The average molecular weight is 237 g/mol. The van der Waals surface area contributed by atoms with Crippen LogP contribution >= 0.6 is 0 Å². The predicted octanol–water partition coefficient (Wildman–Crippen LogP) is 3.01. The lowest BCUT2D eigenvalue weighted by atomic mass is 10.2. The summed E-state index contributed by atoms with van der Waals surface area (Å²) in [5, 5.41) is 8.90. The van der Waals surface area contributed by atoms with Gasteiger partial charge in [-0.2, -0.15) is 5.26 Å². The molecule has 2 heterocycles. The van der Waals surface area contributed by atoms with Crippen LogP contribution in [0.15, 0.2) is 34.9 Å². The lowest BCUT2D eigenvalue weighted by Gasteiger charge is -2.00. The summed E-state index contributed by atoms with van der Waals surface area (Å²) in [6.07, 6.45) is 1.66. The number of hydrogen-bond donors (Lipinski definition) is 0. The van der Waals surface area contributed by atoms with Crippen molar-refractivity contribution in [3.05, 3.63) is 41.9 Å². The molecule has 1 aromatic carbocycles. The molecule has 4 heteroatoms. The monoisotopic (exact) mass is 237 g/mol. The minimum Gasteiger partial charge on any atom is -0.469 e. The summed E-state index contributed by atoms with van der Waals surface area (Å²) < 4.78 is 7.32. The summed E-state index contributed by atoms with van der Waals surface area (Å²) in [7, 11) is 1.96. The summed E-state index contributed by atoms with van der Waals surface area (Å²) >= 11 is 0. The van der Waals surface area contributed by atoms with E-state index in [1.54, 1.807) is 18.4 Å². The second kappa shape index (κ2) is 3.74. The zero-order chi connectivity index (χ0) is 12.7. The molecule has 0 aliphatic rings. The molecular formula is C14H11N3O. The fourth-order valence-electron chi connectivity index (χ4n) is 2.13. The van der Waals surface area contributed by atoms with Crippen LogP contribution in [0.3, 0.4) is 0 Å². The summed E-state index contributed by atoms with van der Waals surface area (Å²) in [5.41, 5.74) is 3.43. The van der Waals surface area contributed by atoms with E-state index in [0.717, 1.165) is 28.2 Å². The largest absolute Gasteiger partial charge is 0.469 e. The highest BCUT2D eigenvalue weighted by Gasteiger charge is 2.13. The number of aromatic nitrogens is 2. The second-order valence-electron chi connectivity index (χ2n) is 4.20. The van der Waals surface area contributed by atoms with Crippen LogP contribution in [-0.2, 0) is 7.05 Å². The van der Waals surface area contributed by atoms with E-state index in [9.17, 15) is 0 Å². The van der Waals surface area contributed by atoms with Gasteiger partial charge in [-0.1, -0.05) is 0 Å². The van der Waals surface area contributed by atoms with Crippen LogP contribution in [0.2, 0.25) is 0 Å². The van der Waals surface area contributed by atoms with E-state index in [2.05, 4.69) is 11.1 Å². The fraction of sp³-hybridized carbons (Fsp3) is 0.143. The summed E-state index contributed by atoms with van der Waals surface area (Å²) in [4.78, 5) is 4.58. The van der Waals surface area contributed by atoms with E-state index < -0.39 is 0 Å². The van der Waals surface area contributed by atoms with E-state index in [1.165, 1.54) is 0 Å². The van der Waals surface area contributed by atoms with E-state index in [4.69, 9.17) is 9.68 Å². The topological polar surface area (TPSA) is 54.8 Å². The number of benzene rings is 1. The van der Waals surface area contributed by atoms with Crippen molar-refractivity contribution in [2.24, 2.45) is 7.05 Å². The first-order chi connectivity index (χ1) is 8.70. The van der Waals surface area contributed by atoms with Crippen molar-refractivity contribution in [1.82, 2.24) is 9.55 Å². The van der Waals surface area contributed by atoms with Gasteiger partial charge in [0.25, 0.3) is 0 Å². The minimum absolute atomic E-state index is 0.621. The maximum absolute atomic E-state index is 8.90. The molecule has 0 fully saturated rings. The van der Waals surface area contributed by atoms with Crippen molar-refractivity contribution in [2.45, 2.75) is 6.92 Å². The smallest absolute Gasteiger partial charge is 0.144 e. The Hall–Kier alpha value is -2.54. The van der Waals surface area contributed by atoms with Crippen LogP contribution in [0.1, 0.15) is 11.3 Å². The number of aryl methyl sites for hydroxylation is 2. The first-order valence-corrected chi connectivity index (χ1v) is 5.62. The third-order valence-corrected chi connectivity index (χ3v) is 3.11. The maximum Gasteiger partial charge on any atom is 0.144 e. The Morgan fingerprint density at radius 1 is 1.33 bits per heavy atom. The number of nitrogens with zero attached hydrogens (tertiary/aromatic N) is 3. The van der Waals surface area contributed by atoms with Gasteiger partial charge in [0.05, 0.1) is 34.5 Å². The number of nitriles is 1. The normalized spacial score (nSPS) is 10.7. The van der Waals surface area contributed by atoms with Crippen molar-refractivity contribution < 1.29 is 4.42 Å². The van der Waals surface area contributed by atoms with Crippen molar-refractivity contribution in [2.75, 3.05) is 0 Å². The maximum atomic E-state index is 8.90. The lowest BCUT2D eigenvalue weighted by molar-refractivity contribution is 0.535. The lowest BCUT2D eigenvalue weighted by Crippen LogP contribution is -1.92. The molecule has 0 aliphatic heterocycles. The molecule has 0 atom stereocenters. The molecule has 3 rings (SSSR count). The zero-order valence-electron chi connectivity index (χ0n) is 10.1. The average Bonchev–Trinajstić information content (AvgIpc) is 2.93. The number of fused-ring (bicyclic) bond motifs is 1. The fourth-order valence-corrected chi connectivity index (χ4v) is 2.13. The van der Waals surface area contributed by atoms with Crippen LogP contribution in [0.4, 0.5) is 0 Å². The molecule has 0 saturated carbocycles. The molecule has 0 radical (unpaired) electrons. The highest BCUT2D eigenvalue weighted by molar-refractivity contribution is 5.82. The van der Waals surface area contributed by atoms with E-state index >= 15 is 0 Å². The first kappa shape index (κ1) is 10.6. The minimum atomic E-state index is 0.621. The van der Waals surface area contributed by atoms with Crippen LogP contribution in [0.25, 0.3) is 22.4 Å². The Kier molecular flexibility index (Phi) is 2.20. The van der Waals surface area contributed by atoms with Gasteiger partial charge in [-0.3, -0.25) is 0 Å². The zero-order valence-corrected chi connectivity index (χ0v) is 10.1. The van der Waals surface area contributed by atoms with Crippen molar-refractivity contribution in [3.8, 4) is 17.5 Å². The van der Waals surface area contributed by atoms with Gasteiger partial charge >= 0.3 is 0 Å². The van der Waals surface area contributed by atoms with Gasteiger partial charge in [0.2, 0.25) is 0 Å². The van der Waals surface area contributed by atoms with E-state index in [1.807, 2.05) is 30.7 Å². The third-order valence-electron chi connectivity index (χ3n) is 3.11. The molecule has 0 aliphatic carbocycles.